The lowest BCUT2D eigenvalue weighted by atomic mass is 10.2. The Bertz CT molecular complexity index is 708. The van der Waals surface area contributed by atoms with Crippen LogP contribution in [0.4, 0.5) is 11.4 Å². The molecule has 2 aromatic rings. The van der Waals surface area contributed by atoms with Gasteiger partial charge in [-0.1, -0.05) is 18.7 Å². The summed E-state index contributed by atoms with van der Waals surface area (Å²) in [6, 6.07) is 13.8. The molecule has 23 heavy (non-hydrogen) atoms. The Hall–Kier alpha value is -3.08. The lowest BCUT2D eigenvalue weighted by Gasteiger charge is -2.09. The average Bonchev–Trinajstić information content (AvgIpc) is 2.53. The van der Waals surface area contributed by atoms with Crippen molar-refractivity contribution < 1.29 is 14.3 Å². The molecule has 5 heteroatoms. The molecule has 2 aromatic carbocycles. The molecule has 0 heterocycles. The highest BCUT2D eigenvalue weighted by Gasteiger charge is 2.07. The Balaban J connectivity index is 2.03. The smallest absolute Gasteiger partial charge is 0.255 e. The maximum atomic E-state index is 12.2. The molecule has 0 saturated heterocycles. The standard InChI is InChI=1S/C18H18N2O3/c1-3-11-23-17-6-4-5-16(12-17)20-18(22)14-7-9-15(10-8-14)19-13(2)21/h3-10,12H,1,11H2,2H3,(H,19,21)(H,20,22). The van der Waals surface area contributed by atoms with Gasteiger partial charge in [-0.2, -0.15) is 0 Å². The topological polar surface area (TPSA) is 67.4 Å². The third kappa shape index (κ3) is 5.00. The predicted molar refractivity (Wildman–Crippen MR) is 90.8 cm³/mol. The highest BCUT2D eigenvalue weighted by Crippen LogP contribution is 2.18. The molecule has 0 bridgehead atoms. The number of ether oxygens (including phenoxy) is 1. The summed E-state index contributed by atoms with van der Waals surface area (Å²) in [5.41, 5.74) is 1.79. The van der Waals surface area contributed by atoms with Crippen molar-refractivity contribution in [3.63, 3.8) is 0 Å². The third-order valence-electron chi connectivity index (χ3n) is 2.93. The molecular formula is C18H18N2O3. The number of benzene rings is 2. The minimum absolute atomic E-state index is 0.154. The number of nitrogens with one attached hydrogen (secondary N) is 2. The van der Waals surface area contributed by atoms with E-state index in [2.05, 4.69) is 17.2 Å². The van der Waals surface area contributed by atoms with Gasteiger partial charge in [-0.3, -0.25) is 9.59 Å². The van der Waals surface area contributed by atoms with Crippen molar-refractivity contribution in [2.75, 3.05) is 17.2 Å². The molecule has 118 valence electrons. The molecule has 0 aliphatic rings. The summed E-state index contributed by atoms with van der Waals surface area (Å²) in [6.07, 6.45) is 1.65. The van der Waals surface area contributed by atoms with Gasteiger partial charge in [0.15, 0.2) is 0 Å². The van der Waals surface area contributed by atoms with E-state index in [4.69, 9.17) is 4.74 Å². The Labute approximate surface area is 135 Å². The second-order valence-corrected chi connectivity index (χ2v) is 4.84. The molecule has 0 saturated carbocycles. The minimum atomic E-state index is -0.236. The van der Waals surface area contributed by atoms with Crippen LogP contribution in [0.2, 0.25) is 0 Å². The van der Waals surface area contributed by atoms with E-state index in [1.165, 1.54) is 6.92 Å². The second-order valence-electron chi connectivity index (χ2n) is 4.84. The number of carbonyl (C=O) groups is 2. The number of carbonyl (C=O) groups excluding carboxylic acids is 2. The SMILES string of the molecule is C=CCOc1cccc(NC(=O)c2ccc(NC(C)=O)cc2)c1. The first-order valence-corrected chi connectivity index (χ1v) is 7.11. The normalized spacial score (nSPS) is 9.78. The van der Waals surface area contributed by atoms with E-state index in [9.17, 15) is 9.59 Å². The van der Waals surface area contributed by atoms with Gasteiger partial charge in [0.05, 0.1) is 0 Å². The quantitative estimate of drug-likeness (QED) is 0.803. The highest BCUT2D eigenvalue weighted by atomic mass is 16.5. The summed E-state index contributed by atoms with van der Waals surface area (Å²) >= 11 is 0. The summed E-state index contributed by atoms with van der Waals surface area (Å²) in [7, 11) is 0. The van der Waals surface area contributed by atoms with Gasteiger partial charge in [-0.15, -0.1) is 0 Å². The van der Waals surface area contributed by atoms with Gasteiger partial charge >= 0.3 is 0 Å². The largest absolute Gasteiger partial charge is 0.489 e. The van der Waals surface area contributed by atoms with Gasteiger partial charge in [0.1, 0.15) is 12.4 Å². The molecule has 2 rings (SSSR count). The average molecular weight is 310 g/mol. The van der Waals surface area contributed by atoms with Crippen molar-refractivity contribution in [3.05, 3.63) is 66.7 Å². The third-order valence-corrected chi connectivity index (χ3v) is 2.93. The van der Waals surface area contributed by atoms with Crippen LogP contribution in [0.5, 0.6) is 5.75 Å². The Morgan fingerprint density at radius 2 is 1.83 bits per heavy atom. The van der Waals surface area contributed by atoms with Gasteiger partial charge in [0.25, 0.3) is 5.91 Å². The van der Waals surface area contributed by atoms with Crippen LogP contribution in [-0.2, 0) is 4.79 Å². The van der Waals surface area contributed by atoms with Crippen molar-refractivity contribution in [1.82, 2.24) is 0 Å². The lowest BCUT2D eigenvalue weighted by Crippen LogP contribution is -2.12. The number of amides is 2. The molecule has 0 aromatic heterocycles. The fourth-order valence-electron chi connectivity index (χ4n) is 1.93. The Kier molecular flexibility index (Phi) is 5.52. The lowest BCUT2D eigenvalue weighted by molar-refractivity contribution is -0.114. The van der Waals surface area contributed by atoms with Crippen molar-refractivity contribution in [3.8, 4) is 5.75 Å². The zero-order valence-electron chi connectivity index (χ0n) is 12.8. The number of anilines is 2. The molecule has 5 nitrogen and oxygen atoms in total. The Morgan fingerprint density at radius 1 is 1.09 bits per heavy atom. The van der Waals surface area contributed by atoms with Crippen LogP contribution in [0.3, 0.4) is 0 Å². The van der Waals surface area contributed by atoms with Crippen LogP contribution < -0.4 is 15.4 Å². The van der Waals surface area contributed by atoms with Gasteiger partial charge in [0, 0.05) is 29.9 Å². The van der Waals surface area contributed by atoms with Crippen molar-refractivity contribution in [2.45, 2.75) is 6.92 Å². The molecule has 0 radical (unpaired) electrons. The number of rotatable bonds is 6. The molecule has 2 N–H and O–H groups in total. The van der Waals surface area contributed by atoms with E-state index in [1.807, 2.05) is 0 Å². The molecule has 0 atom stereocenters. The molecule has 0 aliphatic carbocycles. The van der Waals surface area contributed by atoms with Gasteiger partial charge in [-0.25, -0.2) is 0 Å². The molecule has 0 fully saturated rings. The van der Waals surface area contributed by atoms with Crippen molar-refractivity contribution in [2.24, 2.45) is 0 Å². The summed E-state index contributed by atoms with van der Waals surface area (Å²) in [4.78, 5) is 23.2. The number of hydrogen-bond acceptors (Lipinski definition) is 3. The predicted octanol–water partition coefficient (Wildman–Crippen LogP) is 3.46. The minimum Gasteiger partial charge on any atom is -0.489 e. The van der Waals surface area contributed by atoms with Crippen LogP contribution in [0.1, 0.15) is 17.3 Å². The van der Waals surface area contributed by atoms with Crippen LogP contribution in [0.15, 0.2) is 61.2 Å². The first-order chi connectivity index (χ1) is 11.1. The van der Waals surface area contributed by atoms with Crippen molar-refractivity contribution >= 4 is 23.2 Å². The van der Waals surface area contributed by atoms with Gasteiger partial charge in [-0.05, 0) is 36.4 Å². The summed E-state index contributed by atoms with van der Waals surface area (Å²) in [5, 5.41) is 5.46. The molecule has 0 aliphatic heterocycles. The molecule has 2 amide bonds. The first kappa shape index (κ1) is 16.3. The Morgan fingerprint density at radius 3 is 2.48 bits per heavy atom. The van der Waals surface area contributed by atoms with Gasteiger partial charge in [0.2, 0.25) is 5.91 Å². The van der Waals surface area contributed by atoms with E-state index < -0.39 is 0 Å². The maximum absolute atomic E-state index is 12.2. The molecular weight excluding hydrogens is 292 g/mol. The zero-order chi connectivity index (χ0) is 16.7. The monoisotopic (exact) mass is 310 g/mol. The van der Waals surface area contributed by atoms with E-state index in [0.29, 0.717) is 29.3 Å². The summed E-state index contributed by atoms with van der Waals surface area (Å²) in [5.74, 6) is 0.266. The molecule has 0 spiro atoms. The van der Waals surface area contributed by atoms with E-state index in [-0.39, 0.29) is 11.8 Å². The van der Waals surface area contributed by atoms with Crippen LogP contribution in [0.25, 0.3) is 0 Å². The molecule has 0 unspecified atom stereocenters. The highest BCUT2D eigenvalue weighted by molar-refractivity contribution is 6.04. The summed E-state index contributed by atoms with van der Waals surface area (Å²) in [6.45, 7) is 5.43. The number of hydrogen-bond donors (Lipinski definition) is 2. The van der Waals surface area contributed by atoms with E-state index in [1.54, 1.807) is 54.6 Å². The second kappa shape index (κ2) is 7.79. The van der Waals surface area contributed by atoms with E-state index >= 15 is 0 Å². The zero-order valence-corrected chi connectivity index (χ0v) is 12.8. The van der Waals surface area contributed by atoms with Crippen LogP contribution >= 0.6 is 0 Å². The fraction of sp³-hybridized carbons (Fsp3) is 0.111. The van der Waals surface area contributed by atoms with E-state index in [0.717, 1.165) is 0 Å². The maximum Gasteiger partial charge on any atom is 0.255 e. The first-order valence-electron chi connectivity index (χ1n) is 7.11. The summed E-state index contributed by atoms with van der Waals surface area (Å²) < 4.78 is 5.43. The van der Waals surface area contributed by atoms with Gasteiger partial charge < -0.3 is 15.4 Å². The van der Waals surface area contributed by atoms with Crippen LogP contribution in [-0.4, -0.2) is 18.4 Å². The van der Waals surface area contributed by atoms with Crippen LogP contribution in [0, 0.1) is 0 Å². The van der Waals surface area contributed by atoms with Crippen molar-refractivity contribution in [1.29, 1.82) is 0 Å². The fourth-order valence-corrected chi connectivity index (χ4v) is 1.93.